The molecule has 1 aromatic carbocycles. The number of ketones is 1. The number of hydrogen-bond acceptors (Lipinski definition) is 3. The second kappa shape index (κ2) is 4.70. The minimum atomic E-state index is -0.525. The number of aliphatic hydroxyl groups is 1. The molecule has 0 saturated heterocycles. The van der Waals surface area contributed by atoms with Gasteiger partial charge in [0.1, 0.15) is 6.61 Å². The van der Waals surface area contributed by atoms with Gasteiger partial charge in [-0.2, -0.15) is 0 Å². The van der Waals surface area contributed by atoms with E-state index in [9.17, 15) is 9.59 Å². The van der Waals surface area contributed by atoms with Crippen LogP contribution < -0.4 is 5.32 Å². The lowest BCUT2D eigenvalue weighted by molar-refractivity contribution is -0.114. The Morgan fingerprint density at radius 3 is 2.53 bits per heavy atom. The average Bonchev–Trinajstić information content (AvgIpc) is 2.14. The molecule has 4 nitrogen and oxygen atoms in total. The molecule has 2 N–H and O–H groups in total. The summed E-state index contributed by atoms with van der Waals surface area (Å²) >= 11 is 0. The Kier molecular flexibility index (Phi) is 3.57. The van der Waals surface area contributed by atoms with Crippen molar-refractivity contribution < 1.29 is 14.7 Å². The largest absolute Gasteiger partial charge is 0.388 e. The lowest BCUT2D eigenvalue weighted by atomic mass is 10.1. The first kappa shape index (κ1) is 11.4. The molecular formula is C11H13NO3. The van der Waals surface area contributed by atoms with E-state index < -0.39 is 6.61 Å². The van der Waals surface area contributed by atoms with Crippen molar-refractivity contribution in [1.29, 1.82) is 0 Å². The zero-order valence-corrected chi connectivity index (χ0v) is 8.70. The lowest BCUT2D eigenvalue weighted by Gasteiger charge is -2.06. The Morgan fingerprint density at radius 2 is 2.00 bits per heavy atom. The highest BCUT2D eigenvalue weighted by Gasteiger charge is 2.06. The number of carbonyl (C=O) groups is 2. The number of aryl methyl sites for hydroxylation is 1. The van der Waals surface area contributed by atoms with Gasteiger partial charge in [-0.3, -0.25) is 9.59 Å². The summed E-state index contributed by atoms with van der Waals surface area (Å²) in [7, 11) is 0. The normalized spacial score (nSPS) is 9.80. The number of rotatable bonds is 3. The van der Waals surface area contributed by atoms with Crippen LogP contribution in [0, 0.1) is 6.92 Å². The van der Waals surface area contributed by atoms with Crippen molar-refractivity contribution >= 4 is 17.4 Å². The first-order valence-electron chi connectivity index (χ1n) is 4.56. The van der Waals surface area contributed by atoms with Crippen LogP contribution >= 0.6 is 0 Å². The number of amides is 1. The highest BCUT2D eigenvalue weighted by Crippen LogP contribution is 2.14. The van der Waals surface area contributed by atoms with Crippen LogP contribution in [0.25, 0.3) is 0 Å². The molecule has 4 heteroatoms. The minimum Gasteiger partial charge on any atom is -0.388 e. The molecule has 0 aliphatic heterocycles. The fraction of sp³-hybridized carbons (Fsp3) is 0.273. The Labute approximate surface area is 87.9 Å². The van der Waals surface area contributed by atoms with Crippen LogP contribution in [0.15, 0.2) is 18.2 Å². The van der Waals surface area contributed by atoms with E-state index in [1.54, 1.807) is 18.2 Å². The standard InChI is InChI=1S/C11H13NO3/c1-7-3-9(11(15)6-13)5-10(4-7)12-8(2)14/h3-5,13H,6H2,1-2H3,(H,12,14). The first-order valence-corrected chi connectivity index (χ1v) is 4.56. The smallest absolute Gasteiger partial charge is 0.221 e. The molecule has 0 fully saturated rings. The van der Waals surface area contributed by atoms with Gasteiger partial charge in [-0.15, -0.1) is 0 Å². The second-order valence-corrected chi connectivity index (χ2v) is 3.35. The number of Topliss-reactive ketones (excluding diaryl/α,β-unsaturated/α-hetero) is 1. The van der Waals surface area contributed by atoms with Gasteiger partial charge in [0.05, 0.1) is 0 Å². The first-order chi connectivity index (χ1) is 7.02. The van der Waals surface area contributed by atoms with Crippen LogP contribution in [0.4, 0.5) is 5.69 Å². The Bertz CT molecular complexity index is 399. The summed E-state index contributed by atoms with van der Waals surface area (Å²) in [4.78, 5) is 22.1. The van der Waals surface area contributed by atoms with Crippen molar-refractivity contribution in [2.24, 2.45) is 0 Å². The fourth-order valence-corrected chi connectivity index (χ4v) is 1.31. The molecule has 0 spiro atoms. The van der Waals surface area contributed by atoms with Crippen molar-refractivity contribution in [3.63, 3.8) is 0 Å². The minimum absolute atomic E-state index is 0.192. The van der Waals surface area contributed by atoms with Gasteiger partial charge in [-0.05, 0) is 30.7 Å². The summed E-state index contributed by atoms with van der Waals surface area (Å²) in [5.41, 5.74) is 1.83. The van der Waals surface area contributed by atoms with Crippen molar-refractivity contribution in [1.82, 2.24) is 0 Å². The predicted octanol–water partition coefficient (Wildman–Crippen LogP) is 1.13. The number of carbonyl (C=O) groups excluding carboxylic acids is 2. The van der Waals surface area contributed by atoms with Gasteiger partial charge < -0.3 is 10.4 Å². The van der Waals surface area contributed by atoms with Gasteiger partial charge in [-0.25, -0.2) is 0 Å². The highest BCUT2D eigenvalue weighted by molar-refractivity contribution is 5.99. The maximum Gasteiger partial charge on any atom is 0.221 e. The molecule has 0 heterocycles. The van der Waals surface area contributed by atoms with E-state index in [2.05, 4.69) is 5.32 Å². The maximum atomic E-state index is 11.2. The van der Waals surface area contributed by atoms with Crippen LogP contribution in [0.2, 0.25) is 0 Å². The summed E-state index contributed by atoms with van der Waals surface area (Å²) in [6.07, 6.45) is 0. The van der Waals surface area contributed by atoms with E-state index >= 15 is 0 Å². The summed E-state index contributed by atoms with van der Waals surface area (Å²) in [5.74, 6) is -0.548. The summed E-state index contributed by atoms with van der Waals surface area (Å²) in [6.45, 7) is 2.69. The van der Waals surface area contributed by atoms with E-state index in [1.807, 2.05) is 6.92 Å². The molecule has 1 aromatic rings. The maximum absolute atomic E-state index is 11.2. The van der Waals surface area contributed by atoms with Crippen LogP contribution in [0.3, 0.4) is 0 Å². The van der Waals surface area contributed by atoms with E-state index in [4.69, 9.17) is 5.11 Å². The van der Waals surface area contributed by atoms with E-state index in [0.29, 0.717) is 11.3 Å². The molecule has 0 saturated carbocycles. The third kappa shape index (κ3) is 3.18. The molecule has 0 aliphatic rings. The molecule has 80 valence electrons. The number of anilines is 1. The molecule has 0 bridgehead atoms. The highest BCUT2D eigenvalue weighted by atomic mass is 16.3. The molecule has 0 aromatic heterocycles. The van der Waals surface area contributed by atoms with E-state index in [0.717, 1.165) is 5.56 Å². The zero-order valence-electron chi connectivity index (χ0n) is 8.70. The number of aliphatic hydroxyl groups excluding tert-OH is 1. The molecule has 0 atom stereocenters. The molecule has 1 amide bonds. The van der Waals surface area contributed by atoms with Crippen LogP contribution in [0.5, 0.6) is 0 Å². The summed E-state index contributed by atoms with van der Waals surface area (Å²) < 4.78 is 0. The van der Waals surface area contributed by atoms with Gasteiger partial charge in [0.15, 0.2) is 5.78 Å². The fourth-order valence-electron chi connectivity index (χ4n) is 1.31. The van der Waals surface area contributed by atoms with Gasteiger partial charge in [0.2, 0.25) is 5.91 Å². The Morgan fingerprint density at radius 1 is 1.33 bits per heavy atom. The van der Waals surface area contributed by atoms with Crippen LogP contribution in [-0.2, 0) is 4.79 Å². The molecule has 0 aliphatic carbocycles. The third-order valence-corrected chi connectivity index (χ3v) is 1.86. The van der Waals surface area contributed by atoms with Gasteiger partial charge in [-0.1, -0.05) is 0 Å². The molecular weight excluding hydrogens is 194 g/mol. The van der Waals surface area contributed by atoms with Crippen molar-refractivity contribution in [3.05, 3.63) is 29.3 Å². The molecule has 0 radical (unpaired) electrons. The lowest BCUT2D eigenvalue weighted by Crippen LogP contribution is -2.09. The van der Waals surface area contributed by atoms with Gasteiger partial charge >= 0.3 is 0 Å². The Balaban J connectivity index is 3.04. The predicted molar refractivity (Wildman–Crippen MR) is 56.9 cm³/mol. The quantitative estimate of drug-likeness (QED) is 0.730. The molecule has 1 rings (SSSR count). The number of hydrogen-bond donors (Lipinski definition) is 2. The van der Waals surface area contributed by atoms with Crippen LogP contribution in [-0.4, -0.2) is 23.4 Å². The Hall–Kier alpha value is -1.68. The summed E-state index contributed by atoms with van der Waals surface area (Å²) in [6, 6.07) is 4.98. The SMILES string of the molecule is CC(=O)Nc1cc(C)cc(C(=O)CO)c1. The zero-order chi connectivity index (χ0) is 11.4. The second-order valence-electron chi connectivity index (χ2n) is 3.35. The van der Waals surface area contributed by atoms with Crippen LogP contribution in [0.1, 0.15) is 22.8 Å². The third-order valence-electron chi connectivity index (χ3n) is 1.86. The number of nitrogens with one attached hydrogen (secondary N) is 1. The van der Waals surface area contributed by atoms with Gasteiger partial charge in [0, 0.05) is 18.2 Å². The van der Waals surface area contributed by atoms with Crippen molar-refractivity contribution in [3.8, 4) is 0 Å². The van der Waals surface area contributed by atoms with Crippen molar-refractivity contribution in [2.75, 3.05) is 11.9 Å². The topological polar surface area (TPSA) is 66.4 Å². The molecule has 0 unspecified atom stereocenters. The van der Waals surface area contributed by atoms with E-state index in [-0.39, 0.29) is 11.7 Å². The summed E-state index contributed by atoms with van der Waals surface area (Å²) in [5, 5.41) is 11.3. The average molecular weight is 207 g/mol. The van der Waals surface area contributed by atoms with Crippen molar-refractivity contribution in [2.45, 2.75) is 13.8 Å². The van der Waals surface area contributed by atoms with E-state index in [1.165, 1.54) is 6.92 Å². The van der Waals surface area contributed by atoms with Gasteiger partial charge in [0.25, 0.3) is 0 Å². The molecule has 15 heavy (non-hydrogen) atoms. The number of benzene rings is 1. The monoisotopic (exact) mass is 207 g/mol.